The summed E-state index contributed by atoms with van der Waals surface area (Å²) in [6.45, 7) is 3.73. The minimum Gasteiger partial charge on any atom is -0.378 e. The molecule has 0 aromatic heterocycles. The van der Waals surface area contributed by atoms with Gasteiger partial charge in [0, 0.05) is 37.9 Å². The molecular formula is C20H21N3O2. The first-order valence-electron chi connectivity index (χ1n) is 8.35. The monoisotopic (exact) mass is 335 g/mol. The molecule has 0 aliphatic carbocycles. The Morgan fingerprint density at radius 3 is 2.52 bits per heavy atom. The number of carbonyl (C=O) groups is 1. The summed E-state index contributed by atoms with van der Waals surface area (Å²) < 4.78 is 5.43. The predicted octanol–water partition coefficient (Wildman–Crippen LogP) is 2.67. The lowest BCUT2D eigenvalue weighted by molar-refractivity contribution is 0.0785. The number of ether oxygens (including phenoxy) is 1. The topological polar surface area (TPSA) is 56.6 Å². The van der Waals surface area contributed by atoms with Crippen LogP contribution in [0.2, 0.25) is 0 Å². The molecule has 0 N–H and O–H groups in total. The number of para-hydroxylation sites is 1. The number of rotatable bonds is 4. The number of amides is 1. The second-order valence-electron chi connectivity index (χ2n) is 6.08. The van der Waals surface area contributed by atoms with Gasteiger partial charge in [-0.25, -0.2) is 0 Å². The Morgan fingerprint density at radius 2 is 1.84 bits per heavy atom. The van der Waals surface area contributed by atoms with Crippen molar-refractivity contribution < 1.29 is 9.53 Å². The van der Waals surface area contributed by atoms with Gasteiger partial charge in [-0.15, -0.1) is 0 Å². The first-order valence-corrected chi connectivity index (χ1v) is 8.35. The summed E-state index contributed by atoms with van der Waals surface area (Å²) in [6, 6.07) is 17.0. The first-order chi connectivity index (χ1) is 12.2. The van der Waals surface area contributed by atoms with Gasteiger partial charge in [-0.05, 0) is 35.9 Å². The van der Waals surface area contributed by atoms with E-state index in [1.165, 1.54) is 0 Å². The molecule has 1 aliphatic rings. The van der Waals surface area contributed by atoms with Crippen LogP contribution in [0.5, 0.6) is 0 Å². The van der Waals surface area contributed by atoms with Gasteiger partial charge < -0.3 is 14.5 Å². The Labute approximate surface area is 148 Å². The lowest BCUT2D eigenvalue weighted by Gasteiger charge is -2.31. The Hall–Kier alpha value is -2.84. The van der Waals surface area contributed by atoms with E-state index in [2.05, 4.69) is 23.1 Å². The molecule has 0 unspecified atom stereocenters. The normalized spacial score (nSPS) is 14.0. The van der Waals surface area contributed by atoms with E-state index in [9.17, 15) is 4.79 Å². The number of carbonyl (C=O) groups excluding carboxylic acids is 1. The lowest BCUT2D eigenvalue weighted by atomic mass is 10.1. The Kier molecular flexibility index (Phi) is 5.32. The van der Waals surface area contributed by atoms with Crippen LogP contribution in [0.3, 0.4) is 0 Å². The van der Waals surface area contributed by atoms with E-state index in [0.717, 1.165) is 37.6 Å². The van der Waals surface area contributed by atoms with Gasteiger partial charge in [0.2, 0.25) is 0 Å². The van der Waals surface area contributed by atoms with Crippen LogP contribution in [-0.2, 0) is 11.3 Å². The molecule has 25 heavy (non-hydrogen) atoms. The maximum atomic E-state index is 12.6. The third-order valence-electron chi connectivity index (χ3n) is 4.36. The van der Waals surface area contributed by atoms with Gasteiger partial charge in [0.1, 0.15) is 0 Å². The Morgan fingerprint density at radius 1 is 1.16 bits per heavy atom. The molecule has 128 valence electrons. The fourth-order valence-electron chi connectivity index (χ4n) is 2.99. The molecule has 3 rings (SSSR count). The summed E-state index contributed by atoms with van der Waals surface area (Å²) in [5, 5.41) is 8.87. The van der Waals surface area contributed by atoms with E-state index in [1.807, 2.05) is 12.1 Å². The summed E-state index contributed by atoms with van der Waals surface area (Å²) in [5.74, 6) is -0.0544. The predicted molar refractivity (Wildman–Crippen MR) is 96.4 cm³/mol. The molecule has 5 nitrogen and oxygen atoms in total. The molecule has 1 fully saturated rings. The number of nitrogens with zero attached hydrogens (tertiary/aromatic N) is 3. The van der Waals surface area contributed by atoms with Crippen LogP contribution in [-0.4, -0.2) is 44.2 Å². The third-order valence-corrected chi connectivity index (χ3v) is 4.36. The first kappa shape index (κ1) is 17.0. The van der Waals surface area contributed by atoms with Gasteiger partial charge in [0.15, 0.2) is 0 Å². The van der Waals surface area contributed by atoms with Crippen molar-refractivity contribution in [1.82, 2.24) is 4.90 Å². The standard InChI is InChI=1S/C20H21N3O2/c1-22(20(24)17-8-6-16(14-21)7-9-17)15-18-4-2-3-5-19(18)23-10-12-25-13-11-23/h2-9H,10-13,15H2,1H3. The second-order valence-corrected chi connectivity index (χ2v) is 6.08. The van der Waals surface area contributed by atoms with Crippen LogP contribution in [0.1, 0.15) is 21.5 Å². The second kappa shape index (κ2) is 7.82. The van der Waals surface area contributed by atoms with Crippen molar-refractivity contribution in [3.63, 3.8) is 0 Å². The van der Waals surface area contributed by atoms with Crippen LogP contribution in [0.4, 0.5) is 5.69 Å². The van der Waals surface area contributed by atoms with Crippen molar-refractivity contribution >= 4 is 11.6 Å². The quantitative estimate of drug-likeness (QED) is 0.862. The SMILES string of the molecule is CN(Cc1ccccc1N1CCOCC1)C(=O)c1ccc(C#N)cc1. The highest BCUT2D eigenvalue weighted by Crippen LogP contribution is 2.23. The number of morpholine rings is 1. The molecule has 2 aromatic carbocycles. The maximum Gasteiger partial charge on any atom is 0.253 e. The van der Waals surface area contributed by atoms with Gasteiger partial charge in [0.25, 0.3) is 5.91 Å². The summed E-state index contributed by atoms with van der Waals surface area (Å²) in [4.78, 5) is 16.7. The number of nitriles is 1. The van der Waals surface area contributed by atoms with Gasteiger partial charge in [-0.3, -0.25) is 4.79 Å². The summed E-state index contributed by atoms with van der Waals surface area (Å²) in [7, 11) is 1.80. The molecule has 1 aliphatic heterocycles. The molecule has 2 aromatic rings. The van der Waals surface area contributed by atoms with E-state index in [4.69, 9.17) is 10.00 Å². The van der Waals surface area contributed by atoms with E-state index in [1.54, 1.807) is 36.2 Å². The average molecular weight is 335 g/mol. The molecule has 0 radical (unpaired) electrons. The Bertz CT molecular complexity index is 774. The largest absolute Gasteiger partial charge is 0.378 e. The number of anilines is 1. The van der Waals surface area contributed by atoms with Crippen LogP contribution in [0, 0.1) is 11.3 Å². The van der Waals surface area contributed by atoms with Crippen LogP contribution >= 0.6 is 0 Å². The van der Waals surface area contributed by atoms with E-state index >= 15 is 0 Å². The lowest BCUT2D eigenvalue weighted by Crippen LogP contribution is -2.37. The van der Waals surface area contributed by atoms with Crippen LogP contribution < -0.4 is 4.90 Å². The molecule has 0 spiro atoms. The van der Waals surface area contributed by atoms with Gasteiger partial charge >= 0.3 is 0 Å². The van der Waals surface area contributed by atoms with Crippen molar-refractivity contribution in [3.8, 4) is 6.07 Å². The summed E-state index contributed by atoms with van der Waals surface area (Å²) in [6.07, 6.45) is 0. The zero-order valence-electron chi connectivity index (χ0n) is 14.3. The highest BCUT2D eigenvalue weighted by atomic mass is 16.5. The zero-order valence-corrected chi connectivity index (χ0v) is 14.3. The fraction of sp³-hybridized carbons (Fsp3) is 0.300. The van der Waals surface area contributed by atoms with Crippen molar-refractivity contribution in [2.75, 3.05) is 38.3 Å². The van der Waals surface area contributed by atoms with Gasteiger partial charge in [-0.2, -0.15) is 5.26 Å². The maximum absolute atomic E-state index is 12.6. The van der Waals surface area contributed by atoms with Crippen LogP contribution in [0.15, 0.2) is 48.5 Å². The number of hydrogen-bond donors (Lipinski definition) is 0. The van der Waals surface area contributed by atoms with Crippen molar-refractivity contribution in [3.05, 3.63) is 65.2 Å². The smallest absolute Gasteiger partial charge is 0.253 e. The molecule has 5 heteroatoms. The summed E-state index contributed by atoms with van der Waals surface area (Å²) >= 11 is 0. The minimum atomic E-state index is -0.0544. The van der Waals surface area contributed by atoms with E-state index < -0.39 is 0 Å². The van der Waals surface area contributed by atoms with Crippen LogP contribution in [0.25, 0.3) is 0 Å². The fourth-order valence-corrected chi connectivity index (χ4v) is 2.99. The Balaban J connectivity index is 1.75. The van der Waals surface area contributed by atoms with Crippen molar-refractivity contribution in [2.45, 2.75) is 6.54 Å². The molecule has 1 saturated heterocycles. The van der Waals surface area contributed by atoms with Gasteiger partial charge in [-0.1, -0.05) is 18.2 Å². The molecule has 0 saturated carbocycles. The van der Waals surface area contributed by atoms with Crippen molar-refractivity contribution in [2.24, 2.45) is 0 Å². The van der Waals surface area contributed by atoms with E-state index in [0.29, 0.717) is 17.7 Å². The average Bonchev–Trinajstić information content (AvgIpc) is 2.68. The molecular weight excluding hydrogens is 314 g/mol. The minimum absolute atomic E-state index is 0.0544. The van der Waals surface area contributed by atoms with E-state index in [-0.39, 0.29) is 5.91 Å². The molecule has 1 amide bonds. The van der Waals surface area contributed by atoms with Crippen molar-refractivity contribution in [1.29, 1.82) is 5.26 Å². The molecule has 0 atom stereocenters. The van der Waals surface area contributed by atoms with Gasteiger partial charge in [0.05, 0.1) is 24.8 Å². The number of hydrogen-bond acceptors (Lipinski definition) is 4. The highest BCUT2D eigenvalue weighted by molar-refractivity contribution is 5.94. The highest BCUT2D eigenvalue weighted by Gasteiger charge is 2.17. The molecule has 1 heterocycles. The summed E-state index contributed by atoms with van der Waals surface area (Å²) in [5.41, 5.74) is 3.42. The molecule has 0 bridgehead atoms. The zero-order chi connectivity index (χ0) is 17.6. The number of benzene rings is 2. The third kappa shape index (κ3) is 3.98.